The lowest BCUT2D eigenvalue weighted by molar-refractivity contribution is 0.0927. The Labute approximate surface area is 136 Å². The zero-order valence-electron chi connectivity index (χ0n) is 13.7. The molecule has 1 aromatic carbocycles. The second-order valence-corrected chi connectivity index (χ2v) is 5.84. The highest BCUT2D eigenvalue weighted by molar-refractivity contribution is 5.98. The normalized spacial score (nSPS) is 12.3. The Balaban J connectivity index is 1.88. The van der Waals surface area contributed by atoms with Crippen LogP contribution in [0.5, 0.6) is 0 Å². The molecule has 0 spiro atoms. The third-order valence-electron chi connectivity index (χ3n) is 4.19. The van der Waals surface area contributed by atoms with Gasteiger partial charge in [-0.15, -0.1) is 0 Å². The van der Waals surface area contributed by atoms with Gasteiger partial charge in [-0.1, -0.05) is 25.1 Å². The molecule has 1 amide bonds. The van der Waals surface area contributed by atoms with Gasteiger partial charge in [0.2, 0.25) is 0 Å². The third-order valence-corrected chi connectivity index (χ3v) is 4.19. The van der Waals surface area contributed by atoms with Gasteiger partial charge in [-0.25, -0.2) is 0 Å². The molecule has 3 aromatic rings. The van der Waals surface area contributed by atoms with Gasteiger partial charge in [0, 0.05) is 24.1 Å². The molecule has 4 heteroatoms. The molecule has 0 aliphatic heterocycles. The quantitative estimate of drug-likeness (QED) is 0.797. The molecule has 0 aliphatic carbocycles. The zero-order chi connectivity index (χ0) is 16.4. The molecule has 0 bridgehead atoms. The van der Waals surface area contributed by atoms with Crippen molar-refractivity contribution in [2.75, 3.05) is 0 Å². The summed E-state index contributed by atoms with van der Waals surface area (Å²) in [5.74, 6) is -0.0705. The first-order chi connectivity index (χ1) is 11.1. The van der Waals surface area contributed by atoms with Crippen molar-refractivity contribution in [1.82, 2.24) is 14.9 Å². The fraction of sp³-hybridized carbons (Fsp3) is 0.263. The van der Waals surface area contributed by atoms with Crippen molar-refractivity contribution >= 4 is 16.8 Å². The third kappa shape index (κ3) is 2.97. The first-order valence-electron chi connectivity index (χ1n) is 7.88. The predicted octanol–water partition coefficient (Wildman–Crippen LogP) is 3.76. The van der Waals surface area contributed by atoms with Crippen LogP contribution in [0.25, 0.3) is 10.9 Å². The molecule has 2 aromatic heterocycles. The van der Waals surface area contributed by atoms with Gasteiger partial charge in [-0.05, 0) is 43.2 Å². The summed E-state index contributed by atoms with van der Waals surface area (Å²) in [5.41, 5.74) is 3.77. The van der Waals surface area contributed by atoms with Crippen LogP contribution in [0.1, 0.15) is 41.1 Å². The Bertz CT molecular complexity index is 851. The number of aromatic nitrogens is 2. The Morgan fingerprint density at radius 2 is 2.04 bits per heavy atom. The fourth-order valence-corrected chi connectivity index (χ4v) is 2.87. The van der Waals surface area contributed by atoms with Gasteiger partial charge < -0.3 is 9.88 Å². The Morgan fingerprint density at radius 3 is 2.74 bits per heavy atom. The lowest BCUT2D eigenvalue weighted by Gasteiger charge is -2.17. The summed E-state index contributed by atoms with van der Waals surface area (Å²) in [5, 5.41) is 4.18. The van der Waals surface area contributed by atoms with Crippen LogP contribution in [-0.4, -0.2) is 15.5 Å². The second kappa shape index (κ2) is 6.24. The van der Waals surface area contributed by atoms with Crippen LogP contribution in [0.2, 0.25) is 0 Å². The summed E-state index contributed by atoms with van der Waals surface area (Å²) in [6.45, 7) is 4.08. The van der Waals surface area contributed by atoms with E-state index in [0.717, 1.165) is 28.6 Å². The van der Waals surface area contributed by atoms with Crippen LogP contribution in [0.15, 0.2) is 48.7 Å². The highest BCUT2D eigenvalue weighted by atomic mass is 16.2. The lowest BCUT2D eigenvalue weighted by atomic mass is 10.1. The summed E-state index contributed by atoms with van der Waals surface area (Å²) in [7, 11) is 1.92. The number of aryl methyl sites for hydroxylation is 2. The molecule has 23 heavy (non-hydrogen) atoms. The van der Waals surface area contributed by atoms with Crippen LogP contribution < -0.4 is 5.32 Å². The largest absolute Gasteiger partial charge is 0.342 e. The average Bonchev–Trinajstić information content (AvgIpc) is 2.90. The molecule has 1 N–H and O–H groups in total. The average molecular weight is 307 g/mol. The number of fused-ring (bicyclic) bond motifs is 1. The van der Waals surface area contributed by atoms with Crippen LogP contribution in [0.3, 0.4) is 0 Å². The summed E-state index contributed by atoms with van der Waals surface area (Å²) in [4.78, 5) is 17.1. The van der Waals surface area contributed by atoms with Gasteiger partial charge in [0.05, 0.1) is 11.7 Å². The molecular formula is C19H21N3O. The van der Waals surface area contributed by atoms with E-state index in [1.807, 2.05) is 61.0 Å². The minimum atomic E-state index is -0.0830. The van der Waals surface area contributed by atoms with Crippen molar-refractivity contribution in [2.24, 2.45) is 7.05 Å². The number of para-hydroxylation sites is 1. The van der Waals surface area contributed by atoms with E-state index in [-0.39, 0.29) is 11.9 Å². The number of carbonyl (C=O) groups is 1. The predicted molar refractivity (Wildman–Crippen MR) is 92.4 cm³/mol. The molecule has 0 saturated heterocycles. The van der Waals surface area contributed by atoms with Crippen molar-refractivity contribution in [3.8, 4) is 0 Å². The van der Waals surface area contributed by atoms with E-state index in [2.05, 4.69) is 17.2 Å². The molecule has 1 unspecified atom stereocenters. The highest BCUT2D eigenvalue weighted by Gasteiger charge is 2.18. The van der Waals surface area contributed by atoms with E-state index in [4.69, 9.17) is 0 Å². The van der Waals surface area contributed by atoms with E-state index < -0.39 is 0 Å². The van der Waals surface area contributed by atoms with Crippen LogP contribution in [0.4, 0.5) is 0 Å². The van der Waals surface area contributed by atoms with Crippen molar-refractivity contribution in [1.29, 1.82) is 0 Å². The number of nitrogens with one attached hydrogen (secondary N) is 1. The number of hydrogen-bond acceptors (Lipinski definition) is 2. The smallest absolute Gasteiger partial charge is 0.268 e. The molecule has 118 valence electrons. The van der Waals surface area contributed by atoms with Crippen LogP contribution >= 0.6 is 0 Å². The molecular weight excluding hydrogens is 286 g/mol. The molecule has 1 atom stereocenters. The second-order valence-electron chi connectivity index (χ2n) is 5.84. The van der Waals surface area contributed by atoms with Gasteiger partial charge in [0.25, 0.3) is 5.91 Å². The molecule has 0 aliphatic rings. The zero-order valence-corrected chi connectivity index (χ0v) is 13.7. The van der Waals surface area contributed by atoms with E-state index in [1.165, 1.54) is 0 Å². The van der Waals surface area contributed by atoms with Crippen molar-refractivity contribution in [2.45, 2.75) is 26.3 Å². The van der Waals surface area contributed by atoms with Crippen molar-refractivity contribution in [3.05, 3.63) is 65.6 Å². The maximum absolute atomic E-state index is 12.7. The monoisotopic (exact) mass is 307 g/mol. The summed E-state index contributed by atoms with van der Waals surface area (Å²) >= 11 is 0. The molecule has 4 nitrogen and oxygen atoms in total. The summed E-state index contributed by atoms with van der Waals surface area (Å²) in [6.07, 6.45) is 2.59. The molecule has 0 fully saturated rings. The van der Waals surface area contributed by atoms with Crippen molar-refractivity contribution < 1.29 is 4.79 Å². The molecule has 2 heterocycles. The van der Waals surface area contributed by atoms with Crippen LogP contribution in [-0.2, 0) is 7.05 Å². The summed E-state index contributed by atoms with van der Waals surface area (Å²) < 4.78 is 1.93. The number of pyridine rings is 1. The van der Waals surface area contributed by atoms with Gasteiger partial charge in [0.15, 0.2) is 0 Å². The maximum Gasteiger partial charge on any atom is 0.268 e. The van der Waals surface area contributed by atoms with E-state index in [1.54, 1.807) is 6.20 Å². The first-order valence-corrected chi connectivity index (χ1v) is 7.88. The minimum Gasteiger partial charge on any atom is -0.342 e. The minimum absolute atomic E-state index is 0.0705. The number of carbonyl (C=O) groups excluding carboxylic acids is 1. The van der Waals surface area contributed by atoms with E-state index >= 15 is 0 Å². The topological polar surface area (TPSA) is 46.9 Å². The van der Waals surface area contributed by atoms with Crippen molar-refractivity contribution in [3.63, 3.8) is 0 Å². The highest BCUT2D eigenvalue weighted by Crippen LogP contribution is 2.20. The van der Waals surface area contributed by atoms with E-state index in [0.29, 0.717) is 5.69 Å². The summed E-state index contributed by atoms with van der Waals surface area (Å²) in [6, 6.07) is 13.8. The molecule has 0 radical (unpaired) electrons. The fourth-order valence-electron chi connectivity index (χ4n) is 2.87. The Kier molecular flexibility index (Phi) is 4.15. The molecule has 0 saturated carbocycles. The van der Waals surface area contributed by atoms with Gasteiger partial charge in [-0.3, -0.25) is 9.78 Å². The maximum atomic E-state index is 12.7. The number of rotatable bonds is 4. The number of nitrogens with zero attached hydrogens (tertiary/aromatic N) is 2. The first kappa shape index (κ1) is 15.3. The Morgan fingerprint density at radius 1 is 1.26 bits per heavy atom. The lowest BCUT2D eigenvalue weighted by Crippen LogP contribution is -2.30. The van der Waals surface area contributed by atoms with Crippen LogP contribution in [0, 0.1) is 6.92 Å². The van der Waals surface area contributed by atoms with E-state index in [9.17, 15) is 4.79 Å². The number of amides is 1. The Hall–Kier alpha value is -2.62. The SMILES string of the molecule is CCC(NC(=O)c1cc2ccccc2n1C)c1cc(C)ccn1. The number of hydrogen-bond donors (Lipinski definition) is 1. The number of benzene rings is 1. The van der Waals surface area contributed by atoms with Gasteiger partial charge in [-0.2, -0.15) is 0 Å². The standard InChI is InChI=1S/C19H21N3O/c1-4-15(16-11-13(2)9-10-20-16)21-19(23)18-12-14-7-5-6-8-17(14)22(18)3/h5-12,15H,4H2,1-3H3,(H,21,23). The molecule has 3 rings (SSSR count). The van der Waals surface area contributed by atoms with Gasteiger partial charge in [0.1, 0.15) is 5.69 Å². The van der Waals surface area contributed by atoms with Gasteiger partial charge >= 0.3 is 0 Å².